The van der Waals surface area contributed by atoms with E-state index in [1.54, 1.807) is 23.6 Å². The van der Waals surface area contributed by atoms with Crippen molar-refractivity contribution in [3.05, 3.63) is 101 Å². The van der Waals surface area contributed by atoms with E-state index in [-0.39, 0.29) is 18.8 Å². The molecule has 0 saturated heterocycles. The Kier molecular flexibility index (Phi) is 7.69. The number of nitrogens with zero attached hydrogens (tertiary/aromatic N) is 2. The Hall–Kier alpha value is -3.00. The van der Waals surface area contributed by atoms with Crippen LogP contribution in [0.25, 0.3) is 6.08 Å². The van der Waals surface area contributed by atoms with Gasteiger partial charge in [0.25, 0.3) is 5.56 Å². The molecule has 0 radical (unpaired) electrons. The molecule has 182 valence electrons. The number of ether oxygens (including phenoxy) is 2. The Labute approximate surface area is 212 Å². The van der Waals surface area contributed by atoms with Crippen LogP contribution in [0.15, 0.2) is 69.6 Å². The number of halogens is 1. The minimum Gasteiger partial charge on any atom is -0.460 e. The number of hydrogen-bond donors (Lipinski definition) is 0. The minimum absolute atomic E-state index is 0.107. The lowest BCUT2D eigenvalue weighted by atomic mass is 9.96. The van der Waals surface area contributed by atoms with Gasteiger partial charge in [-0.1, -0.05) is 73.2 Å². The van der Waals surface area contributed by atoms with E-state index in [0.29, 0.717) is 31.5 Å². The van der Waals surface area contributed by atoms with Crippen LogP contribution in [0.5, 0.6) is 0 Å². The molecule has 0 fully saturated rings. The molecule has 4 rings (SSSR count). The molecule has 6 nitrogen and oxygen atoms in total. The predicted molar refractivity (Wildman–Crippen MR) is 139 cm³/mol. The number of esters is 1. The highest BCUT2D eigenvalue weighted by atomic mass is 35.5. The van der Waals surface area contributed by atoms with E-state index >= 15 is 0 Å². The molecule has 0 amide bonds. The molecule has 2 heterocycles. The van der Waals surface area contributed by atoms with Crippen molar-refractivity contribution in [1.82, 2.24) is 4.57 Å². The van der Waals surface area contributed by atoms with Crippen molar-refractivity contribution < 1.29 is 14.3 Å². The highest BCUT2D eigenvalue weighted by Gasteiger charge is 2.33. The Morgan fingerprint density at radius 1 is 1.14 bits per heavy atom. The number of methoxy groups -OCH3 is 1. The number of hydrogen-bond acceptors (Lipinski definition) is 6. The molecule has 1 aromatic heterocycles. The highest BCUT2D eigenvalue weighted by molar-refractivity contribution is 7.07. The first-order valence-corrected chi connectivity index (χ1v) is 12.5. The van der Waals surface area contributed by atoms with Gasteiger partial charge in [0.2, 0.25) is 0 Å². The van der Waals surface area contributed by atoms with Crippen LogP contribution in [0, 0.1) is 0 Å². The van der Waals surface area contributed by atoms with Gasteiger partial charge < -0.3 is 9.47 Å². The van der Waals surface area contributed by atoms with Crippen LogP contribution in [0.4, 0.5) is 0 Å². The quantitative estimate of drug-likeness (QED) is 0.353. The van der Waals surface area contributed by atoms with Crippen molar-refractivity contribution in [1.29, 1.82) is 0 Å². The first-order chi connectivity index (χ1) is 16.8. The maximum Gasteiger partial charge on any atom is 0.338 e. The second kappa shape index (κ2) is 10.7. The van der Waals surface area contributed by atoms with Crippen LogP contribution in [0.1, 0.15) is 49.4 Å². The molecule has 3 aromatic rings. The van der Waals surface area contributed by atoms with Crippen LogP contribution in [-0.2, 0) is 14.3 Å². The standard InChI is InChI=1S/C27H27ClN2O4S/c1-16(2)19-7-5-18(6-8-19)15-22-25(31)30-24(20-9-11-21(28)12-10-20)23(17(3)29-27(30)35-22)26(32)34-14-13-33-4/h5-12,15-16,24H,13-14H2,1-4H3. The summed E-state index contributed by atoms with van der Waals surface area (Å²) in [6.07, 6.45) is 1.86. The minimum atomic E-state index is -0.677. The zero-order valence-electron chi connectivity index (χ0n) is 20.1. The van der Waals surface area contributed by atoms with Gasteiger partial charge >= 0.3 is 5.97 Å². The lowest BCUT2D eigenvalue weighted by Crippen LogP contribution is -2.40. The summed E-state index contributed by atoms with van der Waals surface area (Å²) in [6, 6.07) is 14.6. The first kappa shape index (κ1) is 25.1. The van der Waals surface area contributed by atoms with E-state index < -0.39 is 12.0 Å². The second-order valence-electron chi connectivity index (χ2n) is 8.58. The van der Waals surface area contributed by atoms with Crippen molar-refractivity contribution >= 4 is 35.0 Å². The van der Waals surface area contributed by atoms with Gasteiger partial charge in [0.1, 0.15) is 6.61 Å². The van der Waals surface area contributed by atoms with Gasteiger partial charge in [0, 0.05) is 12.1 Å². The average molecular weight is 511 g/mol. The molecule has 0 bridgehead atoms. The normalized spacial score (nSPS) is 15.8. The molecule has 2 aromatic carbocycles. The van der Waals surface area contributed by atoms with Gasteiger partial charge in [-0.05, 0) is 47.7 Å². The summed E-state index contributed by atoms with van der Waals surface area (Å²) >= 11 is 7.42. The molecule has 0 spiro atoms. The number of aromatic nitrogens is 1. The Morgan fingerprint density at radius 2 is 1.83 bits per heavy atom. The lowest BCUT2D eigenvalue weighted by molar-refractivity contribution is -0.140. The molecule has 1 atom stereocenters. The molecule has 8 heteroatoms. The third-order valence-electron chi connectivity index (χ3n) is 5.85. The fourth-order valence-electron chi connectivity index (χ4n) is 3.97. The van der Waals surface area contributed by atoms with E-state index in [4.69, 9.17) is 21.1 Å². The number of carbonyl (C=O) groups is 1. The zero-order chi connectivity index (χ0) is 25.1. The van der Waals surface area contributed by atoms with Crippen LogP contribution < -0.4 is 14.9 Å². The maximum absolute atomic E-state index is 13.6. The lowest BCUT2D eigenvalue weighted by Gasteiger charge is -2.24. The molecule has 35 heavy (non-hydrogen) atoms. The molecule has 0 N–H and O–H groups in total. The fraction of sp³-hybridized carbons (Fsp3) is 0.296. The molecule has 1 unspecified atom stereocenters. The summed E-state index contributed by atoms with van der Waals surface area (Å²) < 4.78 is 12.5. The summed E-state index contributed by atoms with van der Waals surface area (Å²) in [6.45, 7) is 6.43. The number of fused-ring (bicyclic) bond motifs is 1. The van der Waals surface area contributed by atoms with Crippen molar-refractivity contribution in [3.8, 4) is 0 Å². The Morgan fingerprint density at radius 3 is 2.46 bits per heavy atom. The summed E-state index contributed by atoms with van der Waals surface area (Å²) in [7, 11) is 1.54. The number of carbonyl (C=O) groups excluding carboxylic acids is 1. The molecule has 0 aliphatic carbocycles. The highest BCUT2D eigenvalue weighted by Crippen LogP contribution is 2.31. The smallest absolute Gasteiger partial charge is 0.338 e. The Balaban J connectivity index is 1.84. The predicted octanol–water partition coefficient (Wildman–Crippen LogP) is 4.20. The largest absolute Gasteiger partial charge is 0.460 e. The Bertz CT molecular complexity index is 1430. The molecular weight excluding hydrogens is 484 g/mol. The number of rotatable bonds is 7. The van der Waals surface area contributed by atoms with Gasteiger partial charge in [0.15, 0.2) is 4.80 Å². The third-order valence-corrected chi connectivity index (χ3v) is 7.08. The average Bonchev–Trinajstić information content (AvgIpc) is 3.13. The fourth-order valence-corrected chi connectivity index (χ4v) is 5.14. The SMILES string of the molecule is COCCOC(=O)C1=C(C)N=c2sc(=Cc3ccc(C(C)C)cc3)c(=O)n2C1c1ccc(Cl)cc1. The summed E-state index contributed by atoms with van der Waals surface area (Å²) in [5.41, 5.74) is 3.54. The van der Waals surface area contributed by atoms with E-state index in [1.807, 2.05) is 30.3 Å². The van der Waals surface area contributed by atoms with Crippen molar-refractivity contribution in [2.24, 2.45) is 4.99 Å². The van der Waals surface area contributed by atoms with Crippen LogP contribution >= 0.6 is 22.9 Å². The summed E-state index contributed by atoms with van der Waals surface area (Å²) in [5, 5.41) is 0.566. The summed E-state index contributed by atoms with van der Waals surface area (Å²) in [5.74, 6) is -0.0967. The van der Waals surface area contributed by atoms with Crippen LogP contribution in [0.3, 0.4) is 0 Å². The molecule has 0 saturated carbocycles. The van der Waals surface area contributed by atoms with Gasteiger partial charge in [0.05, 0.1) is 28.5 Å². The molecule has 1 aliphatic heterocycles. The van der Waals surface area contributed by atoms with Crippen LogP contribution in [-0.4, -0.2) is 30.9 Å². The van der Waals surface area contributed by atoms with Crippen molar-refractivity contribution in [3.63, 3.8) is 0 Å². The van der Waals surface area contributed by atoms with Crippen LogP contribution in [0.2, 0.25) is 5.02 Å². The number of benzene rings is 2. The monoisotopic (exact) mass is 510 g/mol. The maximum atomic E-state index is 13.6. The number of allylic oxidation sites excluding steroid dienone is 1. The van der Waals surface area contributed by atoms with Crippen molar-refractivity contribution in [2.75, 3.05) is 20.3 Å². The van der Waals surface area contributed by atoms with Gasteiger partial charge in [-0.2, -0.15) is 0 Å². The third kappa shape index (κ3) is 5.32. The topological polar surface area (TPSA) is 69.9 Å². The number of thiazole rings is 1. The van der Waals surface area contributed by atoms with E-state index in [1.165, 1.54) is 24.0 Å². The zero-order valence-corrected chi connectivity index (χ0v) is 21.7. The van der Waals surface area contributed by atoms with E-state index in [0.717, 1.165) is 11.1 Å². The van der Waals surface area contributed by atoms with Gasteiger partial charge in [-0.25, -0.2) is 9.79 Å². The van der Waals surface area contributed by atoms with Gasteiger partial charge in [-0.3, -0.25) is 9.36 Å². The van der Waals surface area contributed by atoms with E-state index in [9.17, 15) is 9.59 Å². The molecule has 1 aliphatic rings. The first-order valence-electron chi connectivity index (χ1n) is 11.3. The van der Waals surface area contributed by atoms with E-state index in [2.05, 4.69) is 31.0 Å². The molecular formula is C27H27ClN2O4S. The van der Waals surface area contributed by atoms with Crippen molar-refractivity contribution in [2.45, 2.75) is 32.7 Å². The summed E-state index contributed by atoms with van der Waals surface area (Å²) in [4.78, 5) is 31.9. The van der Waals surface area contributed by atoms with Gasteiger partial charge in [-0.15, -0.1) is 0 Å². The second-order valence-corrected chi connectivity index (χ2v) is 10.0.